The largest absolute Gasteiger partial charge is 0.350 e. The monoisotopic (exact) mass is 537 g/mol. The van der Waals surface area contributed by atoms with Gasteiger partial charge in [0.2, 0.25) is 21.8 Å². The lowest BCUT2D eigenvalue weighted by atomic mass is 10.0. The Morgan fingerprint density at radius 3 is 2.27 bits per heavy atom. The molecule has 0 bridgehead atoms. The molecule has 37 heavy (non-hydrogen) atoms. The predicted octanol–water partition coefficient (Wildman–Crippen LogP) is 4.54. The number of sulfonamides is 1. The number of carbonyl (C=O) groups excluding carboxylic acids is 2. The molecule has 2 aromatic carbocycles. The number of carbonyl (C=O) groups is 2. The van der Waals surface area contributed by atoms with Gasteiger partial charge in [0, 0.05) is 31.1 Å². The van der Waals surface area contributed by atoms with Gasteiger partial charge in [0.25, 0.3) is 0 Å². The van der Waals surface area contributed by atoms with E-state index >= 15 is 0 Å². The predicted molar refractivity (Wildman–Crippen MR) is 141 cm³/mol. The molecule has 0 spiro atoms. The van der Waals surface area contributed by atoms with Gasteiger partial charge in [-0.3, -0.25) is 13.9 Å². The zero-order valence-electron chi connectivity index (χ0n) is 22.3. The lowest BCUT2D eigenvalue weighted by Crippen LogP contribution is -2.53. The number of hydrogen-bond acceptors (Lipinski definition) is 4. The minimum absolute atomic E-state index is 0.0264. The number of halogens is 2. The van der Waals surface area contributed by atoms with Gasteiger partial charge in [0.15, 0.2) is 11.6 Å². The summed E-state index contributed by atoms with van der Waals surface area (Å²) in [4.78, 5) is 28.1. The molecule has 0 aliphatic rings. The maximum absolute atomic E-state index is 13.7. The zero-order chi connectivity index (χ0) is 28.0. The average molecular weight is 538 g/mol. The summed E-state index contributed by atoms with van der Waals surface area (Å²) in [6.07, 6.45) is 1.43. The first-order chi connectivity index (χ1) is 17.1. The van der Waals surface area contributed by atoms with E-state index in [1.54, 1.807) is 0 Å². The van der Waals surface area contributed by atoms with Gasteiger partial charge < -0.3 is 10.2 Å². The molecule has 1 N–H and O–H groups in total. The van der Waals surface area contributed by atoms with Crippen LogP contribution in [0.3, 0.4) is 0 Å². The van der Waals surface area contributed by atoms with Crippen molar-refractivity contribution in [3.8, 4) is 0 Å². The Balaban J connectivity index is 2.26. The van der Waals surface area contributed by atoms with Gasteiger partial charge >= 0.3 is 0 Å². The molecular formula is C27H37F2N3O4S. The first kappa shape index (κ1) is 30.2. The Labute approximate surface area is 218 Å². The molecule has 7 nitrogen and oxygen atoms in total. The summed E-state index contributed by atoms with van der Waals surface area (Å²) in [5.74, 6) is -2.83. The fraction of sp³-hybridized carbons (Fsp3) is 0.481. The molecule has 0 aliphatic carbocycles. The topological polar surface area (TPSA) is 86.8 Å². The molecule has 204 valence electrons. The second-order valence-electron chi connectivity index (χ2n) is 10.2. The van der Waals surface area contributed by atoms with Gasteiger partial charge in [0.1, 0.15) is 6.04 Å². The highest BCUT2D eigenvalue weighted by Gasteiger charge is 2.30. The normalized spacial score (nSPS) is 12.6. The third-order valence-corrected chi connectivity index (χ3v) is 6.86. The molecule has 0 aromatic heterocycles. The number of amides is 2. The van der Waals surface area contributed by atoms with Gasteiger partial charge in [-0.2, -0.15) is 0 Å². The fourth-order valence-corrected chi connectivity index (χ4v) is 4.98. The first-order valence-corrected chi connectivity index (χ1v) is 14.1. The van der Waals surface area contributed by atoms with Crippen LogP contribution in [0.15, 0.2) is 42.5 Å². The maximum atomic E-state index is 13.7. The average Bonchev–Trinajstić information content (AvgIpc) is 2.76. The summed E-state index contributed by atoms with van der Waals surface area (Å²) < 4.78 is 52.7. The first-order valence-electron chi connectivity index (χ1n) is 12.2. The molecule has 0 fully saturated rings. The van der Waals surface area contributed by atoms with Gasteiger partial charge in [0.05, 0.1) is 11.9 Å². The van der Waals surface area contributed by atoms with Crippen molar-refractivity contribution in [2.24, 2.45) is 0 Å². The molecule has 0 heterocycles. The van der Waals surface area contributed by atoms with Crippen LogP contribution >= 0.6 is 0 Å². The van der Waals surface area contributed by atoms with Crippen LogP contribution in [-0.2, 0) is 26.2 Å². The minimum atomic E-state index is -3.82. The van der Waals surface area contributed by atoms with E-state index in [1.165, 1.54) is 11.0 Å². The van der Waals surface area contributed by atoms with Gasteiger partial charge in [-0.1, -0.05) is 36.8 Å². The van der Waals surface area contributed by atoms with Crippen molar-refractivity contribution in [1.82, 2.24) is 10.2 Å². The van der Waals surface area contributed by atoms with E-state index in [9.17, 15) is 26.8 Å². The molecule has 2 amide bonds. The Kier molecular flexibility index (Phi) is 10.2. The summed E-state index contributed by atoms with van der Waals surface area (Å²) in [6, 6.07) is 9.79. The quantitative estimate of drug-likeness (QED) is 0.456. The third-order valence-electron chi connectivity index (χ3n) is 5.66. The van der Waals surface area contributed by atoms with E-state index in [1.807, 2.05) is 58.9 Å². The number of hydrogen-bond donors (Lipinski definition) is 1. The molecule has 1 atom stereocenters. The smallest absolute Gasteiger partial charge is 0.243 e. The van der Waals surface area contributed by atoms with Crippen molar-refractivity contribution in [1.29, 1.82) is 0 Å². The summed E-state index contributed by atoms with van der Waals surface area (Å²) in [6.45, 7) is 9.47. The Morgan fingerprint density at radius 1 is 1.05 bits per heavy atom. The van der Waals surface area contributed by atoms with Crippen molar-refractivity contribution in [2.75, 3.05) is 17.1 Å². The number of nitrogens with zero attached hydrogens (tertiary/aromatic N) is 2. The SMILES string of the molecule is CC[C@@H](C(=O)NC(C)(C)C)N(Cc1cccc(C)c1)C(=O)CCCN(c1ccc(F)c(F)c1)S(C)(=O)=O. The van der Waals surface area contributed by atoms with Gasteiger partial charge in [-0.25, -0.2) is 17.2 Å². The fourth-order valence-electron chi connectivity index (χ4n) is 4.02. The minimum Gasteiger partial charge on any atom is -0.350 e. The van der Waals surface area contributed by atoms with E-state index in [4.69, 9.17) is 0 Å². The molecule has 10 heteroatoms. The van der Waals surface area contributed by atoms with Crippen molar-refractivity contribution in [3.63, 3.8) is 0 Å². The van der Waals surface area contributed by atoms with Crippen LogP contribution in [-0.4, -0.2) is 49.5 Å². The van der Waals surface area contributed by atoms with Crippen molar-refractivity contribution in [2.45, 2.75) is 72.0 Å². The van der Waals surface area contributed by atoms with Gasteiger partial charge in [-0.15, -0.1) is 0 Å². The number of anilines is 1. The Hall–Kier alpha value is -3.01. The molecule has 0 aliphatic heterocycles. The number of benzene rings is 2. The molecule has 0 unspecified atom stereocenters. The highest BCUT2D eigenvalue weighted by molar-refractivity contribution is 7.92. The summed E-state index contributed by atoms with van der Waals surface area (Å²) in [5.41, 5.74) is 1.38. The van der Waals surface area contributed by atoms with Crippen LogP contribution in [0, 0.1) is 18.6 Å². The lowest BCUT2D eigenvalue weighted by Gasteiger charge is -2.33. The molecule has 0 saturated heterocycles. The number of rotatable bonds is 11. The van der Waals surface area contributed by atoms with Crippen LogP contribution < -0.4 is 9.62 Å². The van der Waals surface area contributed by atoms with E-state index in [0.717, 1.165) is 33.8 Å². The standard InChI is InChI=1S/C27H37F2N3O4S/c1-7-24(26(34)30-27(3,4)5)31(18-20-11-8-10-19(2)16-20)25(33)12-9-15-32(37(6,35)36)21-13-14-22(28)23(29)17-21/h8,10-11,13-14,16-17,24H,7,9,12,15,18H2,1-6H3,(H,30,34)/t24-/m0/s1. The second-order valence-corrected chi connectivity index (χ2v) is 12.1. The molecule has 0 radical (unpaired) electrons. The summed E-state index contributed by atoms with van der Waals surface area (Å²) in [5, 5.41) is 2.94. The lowest BCUT2D eigenvalue weighted by molar-refractivity contribution is -0.142. The van der Waals surface area contributed by atoms with E-state index < -0.39 is 33.2 Å². The van der Waals surface area contributed by atoms with Crippen molar-refractivity contribution >= 4 is 27.5 Å². The van der Waals surface area contributed by atoms with Crippen LogP contribution in [0.4, 0.5) is 14.5 Å². The Bertz CT molecular complexity index is 1210. The maximum Gasteiger partial charge on any atom is 0.243 e. The number of nitrogens with one attached hydrogen (secondary N) is 1. The number of aryl methyl sites for hydroxylation is 1. The molecule has 2 aromatic rings. The van der Waals surface area contributed by atoms with Crippen LogP contribution in [0.25, 0.3) is 0 Å². The highest BCUT2D eigenvalue weighted by Crippen LogP contribution is 2.22. The van der Waals surface area contributed by atoms with Crippen LogP contribution in [0.2, 0.25) is 0 Å². The van der Waals surface area contributed by atoms with Crippen molar-refractivity contribution in [3.05, 3.63) is 65.2 Å². The Morgan fingerprint density at radius 2 is 1.73 bits per heavy atom. The third kappa shape index (κ3) is 9.10. The van der Waals surface area contributed by atoms with E-state index in [-0.39, 0.29) is 43.4 Å². The van der Waals surface area contributed by atoms with Crippen LogP contribution in [0.5, 0.6) is 0 Å². The van der Waals surface area contributed by atoms with E-state index in [2.05, 4.69) is 5.32 Å². The molecular weight excluding hydrogens is 500 g/mol. The second kappa shape index (κ2) is 12.5. The summed E-state index contributed by atoms with van der Waals surface area (Å²) >= 11 is 0. The van der Waals surface area contributed by atoms with Crippen LogP contribution in [0.1, 0.15) is 58.1 Å². The zero-order valence-corrected chi connectivity index (χ0v) is 23.2. The molecule has 2 rings (SSSR count). The van der Waals surface area contributed by atoms with E-state index in [0.29, 0.717) is 6.42 Å². The highest BCUT2D eigenvalue weighted by atomic mass is 32.2. The molecule has 0 saturated carbocycles. The van der Waals surface area contributed by atoms with Gasteiger partial charge in [-0.05, 0) is 58.2 Å². The summed E-state index contributed by atoms with van der Waals surface area (Å²) in [7, 11) is -3.82. The van der Waals surface area contributed by atoms with Crippen molar-refractivity contribution < 1.29 is 26.8 Å².